The Labute approximate surface area is 161 Å². The van der Waals surface area contributed by atoms with E-state index in [1.165, 1.54) is 41.8 Å². The average Bonchev–Trinajstić information content (AvgIpc) is 3.15. The van der Waals surface area contributed by atoms with Crippen molar-refractivity contribution in [2.75, 3.05) is 10.0 Å². The lowest BCUT2D eigenvalue weighted by Gasteiger charge is -2.15. The third-order valence-corrected chi connectivity index (χ3v) is 5.68. The van der Waals surface area contributed by atoms with Crippen LogP contribution in [0.2, 0.25) is 0 Å². The number of rotatable bonds is 7. The van der Waals surface area contributed by atoms with Gasteiger partial charge < -0.3 is 10.1 Å². The van der Waals surface area contributed by atoms with Gasteiger partial charge in [-0.05, 0) is 43.3 Å². The van der Waals surface area contributed by atoms with E-state index in [0.29, 0.717) is 16.6 Å². The number of nitrogens with zero attached hydrogens (tertiary/aromatic N) is 1. The Morgan fingerprint density at radius 3 is 2.44 bits per heavy atom. The second kappa shape index (κ2) is 8.19. The third kappa shape index (κ3) is 5.05. The zero-order chi connectivity index (χ0) is 19.3. The Kier molecular flexibility index (Phi) is 5.72. The van der Waals surface area contributed by atoms with Gasteiger partial charge in [-0.2, -0.15) is 0 Å². The van der Waals surface area contributed by atoms with Gasteiger partial charge in [-0.25, -0.2) is 13.4 Å². The minimum Gasteiger partial charge on any atom is -0.481 e. The number of hydrogen-bond donors (Lipinski definition) is 2. The SMILES string of the molecule is C[C@@H](Oc1ccccc1)C(=O)Nc1ccc(S(=O)(=O)Nc2nccs2)cc1. The highest BCUT2D eigenvalue weighted by molar-refractivity contribution is 7.93. The Bertz CT molecular complexity index is 989. The Balaban J connectivity index is 1.62. The molecule has 1 atom stereocenters. The second-order valence-corrected chi connectivity index (χ2v) is 8.11. The maximum Gasteiger partial charge on any atom is 0.265 e. The quantitative estimate of drug-likeness (QED) is 0.630. The van der Waals surface area contributed by atoms with Gasteiger partial charge in [0.15, 0.2) is 11.2 Å². The summed E-state index contributed by atoms with van der Waals surface area (Å²) in [5, 5.41) is 4.66. The van der Waals surface area contributed by atoms with Gasteiger partial charge in [0.1, 0.15) is 5.75 Å². The molecule has 0 aliphatic heterocycles. The molecule has 0 fully saturated rings. The van der Waals surface area contributed by atoms with Gasteiger partial charge in [-0.3, -0.25) is 9.52 Å². The zero-order valence-corrected chi connectivity index (χ0v) is 16.0. The summed E-state index contributed by atoms with van der Waals surface area (Å²) in [4.78, 5) is 16.2. The molecule has 3 rings (SSSR count). The lowest BCUT2D eigenvalue weighted by Crippen LogP contribution is -2.30. The highest BCUT2D eigenvalue weighted by Gasteiger charge is 2.17. The van der Waals surface area contributed by atoms with Crippen LogP contribution in [0.3, 0.4) is 0 Å². The molecule has 1 aromatic heterocycles. The van der Waals surface area contributed by atoms with Gasteiger partial charge >= 0.3 is 0 Å². The maximum absolute atomic E-state index is 12.3. The van der Waals surface area contributed by atoms with E-state index in [2.05, 4.69) is 15.0 Å². The van der Waals surface area contributed by atoms with Crippen LogP contribution in [-0.4, -0.2) is 25.4 Å². The second-order valence-electron chi connectivity index (χ2n) is 5.53. The molecule has 0 saturated heterocycles. The summed E-state index contributed by atoms with van der Waals surface area (Å²) in [7, 11) is -3.72. The number of sulfonamides is 1. The number of para-hydroxylation sites is 1. The first kappa shape index (κ1) is 18.9. The Morgan fingerprint density at radius 2 is 1.81 bits per heavy atom. The molecule has 1 amide bonds. The van der Waals surface area contributed by atoms with Crippen LogP contribution in [0.15, 0.2) is 71.1 Å². The van der Waals surface area contributed by atoms with Gasteiger partial charge in [0.05, 0.1) is 4.90 Å². The van der Waals surface area contributed by atoms with Crippen LogP contribution in [0.25, 0.3) is 0 Å². The zero-order valence-electron chi connectivity index (χ0n) is 14.3. The fourth-order valence-electron chi connectivity index (χ4n) is 2.17. The molecule has 3 aromatic rings. The van der Waals surface area contributed by atoms with E-state index in [0.717, 1.165) is 0 Å². The third-order valence-electron chi connectivity index (χ3n) is 3.51. The fourth-order valence-corrected chi connectivity index (χ4v) is 3.95. The molecule has 0 radical (unpaired) electrons. The van der Waals surface area contributed by atoms with Crippen molar-refractivity contribution in [3.05, 3.63) is 66.2 Å². The number of carbonyl (C=O) groups excluding carboxylic acids is 1. The number of hydrogen-bond acceptors (Lipinski definition) is 6. The molecule has 2 N–H and O–H groups in total. The molecule has 140 valence electrons. The van der Waals surface area contributed by atoms with E-state index in [-0.39, 0.29) is 10.8 Å². The van der Waals surface area contributed by atoms with Gasteiger partial charge in [0.25, 0.3) is 15.9 Å². The number of anilines is 2. The van der Waals surface area contributed by atoms with E-state index in [9.17, 15) is 13.2 Å². The van der Waals surface area contributed by atoms with Crippen LogP contribution < -0.4 is 14.8 Å². The van der Waals surface area contributed by atoms with Crippen molar-refractivity contribution in [3.8, 4) is 5.75 Å². The van der Waals surface area contributed by atoms with Crippen molar-refractivity contribution < 1.29 is 17.9 Å². The number of thiazole rings is 1. The molecule has 7 nitrogen and oxygen atoms in total. The van der Waals surface area contributed by atoms with Gasteiger partial charge in [-0.1, -0.05) is 18.2 Å². The monoisotopic (exact) mass is 403 g/mol. The first-order chi connectivity index (χ1) is 12.9. The van der Waals surface area contributed by atoms with Gasteiger partial charge in [0.2, 0.25) is 0 Å². The number of carbonyl (C=O) groups is 1. The summed E-state index contributed by atoms with van der Waals surface area (Å²) in [5.74, 6) is 0.255. The topological polar surface area (TPSA) is 97.4 Å². The molecule has 9 heteroatoms. The van der Waals surface area contributed by atoms with E-state index in [4.69, 9.17) is 4.74 Å². The van der Waals surface area contributed by atoms with E-state index >= 15 is 0 Å². The van der Waals surface area contributed by atoms with Crippen molar-refractivity contribution in [1.29, 1.82) is 0 Å². The molecule has 0 saturated carbocycles. The predicted octanol–water partition coefficient (Wildman–Crippen LogP) is 3.35. The number of amides is 1. The summed E-state index contributed by atoms with van der Waals surface area (Å²) in [6, 6.07) is 14.9. The van der Waals surface area contributed by atoms with Gasteiger partial charge in [-0.15, -0.1) is 11.3 Å². The summed E-state index contributed by atoms with van der Waals surface area (Å²) in [6.07, 6.45) is 0.808. The number of benzene rings is 2. The Hall–Kier alpha value is -2.91. The van der Waals surface area contributed by atoms with E-state index in [1.54, 1.807) is 24.4 Å². The molecule has 1 heterocycles. The smallest absolute Gasteiger partial charge is 0.265 e. The van der Waals surface area contributed by atoms with Crippen LogP contribution in [0.1, 0.15) is 6.92 Å². The van der Waals surface area contributed by atoms with Gasteiger partial charge in [0, 0.05) is 17.3 Å². The molecule has 0 bridgehead atoms. The minimum absolute atomic E-state index is 0.0734. The van der Waals surface area contributed by atoms with Crippen LogP contribution in [0.5, 0.6) is 5.75 Å². The van der Waals surface area contributed by atoms with Crippen LogP contribution in [-0.2, 0) is 14.8 Å². The largest absolute Gasteiger partial charge is 0.481 e. The van der Waals surface area contributed by atoms with Crippen molar-refractivity contribution in [2.24, 2.45) is 0 Å². The highest BCUT2D eigenvalue weighted by Crippen LogP contribution is 2.20. The summed E-state index contributed by atoms with van der Waals surface area (Å²) in [6.45, 7) is 1.64. The molecule has 0 unspecified atom stereocenters. The highest BCUT2D eigenvalue weighted by atomic mass is 32.2. The molecule has 0 spiro atoms. The van der Waals surface area contributed by atoms with E-state index in [1.807, 2.05) is 18.2 Å². The summed E-state index contributed by atoms with van der Waals surface area (Å²) >= 11 is 1.19. The molecular weight excluding hydrogens is 386 g/mol. The maximum atomic E-state index is 12.3. The number of ether oxygens (including phenoxy) is 1. The Morgan fingerprint density at radius 1 is 1.11 bits per heavy atom. The van der Waals surface area contributed by atoms with Crippen LogP contribution in [0, 0.1) is 0 Å². The fraction of sp³-hybridized carbons (Fsp3) is 0.111. The van der Waals surface area contributed by atoms with Crippen molar-refractivity contribution in [1.82, 2.24) is 4.98 Å². The molecule has 2 aromatic carbocycles. The first-order valence-corrected chi connectivity index (χ1v) is 10.4. The lowest BCUT2D eigenvalue weighted by molar-refractivity contribution is -0.122. The number of nitrogens with one attached hydrogen (secondary N) is 2. The molecule has 27 heavy (non-hydrogen) atoms. The first-order valence-electron chi connectivity index (χ1n) is 7.99. The van der Waals surface area contributed by atoms with E-state index < -0.39 is 16.1 Å². The summed E-state index contributed by atoms with van der Waals surface area (Å²) < 4.78 is 32.5. The molecular formula is C18H17N3O4S2. The number of aromatic nitrogens is 1. The van der Waals surface area contributed by atoms with Crippen molar-refractivity contribution in [2.45, 2.75) is 17.9 Å². The lowest BCUT2D eigenvalue weighted by atomic mass is 10.3. The standard InChI is InChI=1S/C18H17N3O4S2/c1-13(25-15-5-3-2-4-6-15)17(22)20-14-7-9-16(10-8-14)27(23,24)21-18-19-11-12-26-18/h2-13H,1H3,(H,19,21)(H,20,22)/t13-/m1/s1. The summed E-state index contributed by atoms with van der Waals surface area (Å²) in [5.41, 5.74) is 0.469. The molecule has 0 aliphatic carbocycles. The van der Waals surface area contributed by atoms with Crippen molar-refractivity contribution in [3.63, 3.8) is 0 Å². The average molecular weight is 403 g/mol. The molecule has 0 aliphatic rings. The minimum atomic E-state index is -3.72. The van der Waals surface area contributed by atoms with Crippen LogP contribution >= 0.6 is 11.3 Å². The normalized spacial score (nSPS) is 12.2. The van der Waals surface area contributed by atoms with Crippen LogP contribution in [0.4, 0.5) is 10.8 Å². The van der Waals surface area contributed by atoms with Crippen molar-refractivity contribution >= 4 is 38.1 Å². The predicted molar refractivity (Wildman–Crippen MR) is 105 cm³/mol.